The lowest BCUT2D eigenvalue weighted by Crippen LogP contribution is -2.57. The largest absolute Gasteiger partial charge is 0.0932 e. The molecular formula is C45H77PSi3. The van der Waals surface area contributed by atoms with E-state index in [2.05, 4.69) is 127 Å². The molecule has 0 atom stereocenters. The molecule has 0 aliphatic heterocycles. The Morgan fingerprint density at radius 2 is 0.776 bits per heavy atom. The summed E-state index contributed by atoms with van der Waals surface area (Å²) in [7, 11) is -3.52. The minimum atomic E-state index is -1.65. The van der Waals surface area contributed by atoms with Crippen molar-refractivity contribution >= 4 is 40.4 Å². The van der Waals surface area contributed by atoms with E-state index in [1.54, 1.807) is 33.4 Å². The van der Waals surface area contributed by atoms with Gasteiger partial charge in [-0.3, -0.25) is 0 Å². The summed E-state index contributed by atoms with van der Waals surface area (Å²) >= 11 is 0. The van der Waals surface area contributed by atoms with Gasteiger partial charge in [-0.15, -0.1) is 0 Å². The summed E-state index contributed by atoms with van der Waals surface area (Å²) in [5, 5.41) is 3.96. The highest BCUT2D eigenvalue weighted by atomic mass is 31.4. The molecule has 0 nitrogen and oxygen atoms in total. The summed E-state index contributed by atoms with van der Waals surface area (Å²) in [6, 6.07) is 11.0. The molecule has 2 aliphatic carbocycles. The van der Waals surface area contributed by atoms with E-state index in [9.17, 15) is 0 Å². The first-order valence-electron chi connectivity index (χ1n) is 20.8. The molecule has 0 radical (unpaired) electrons. The highest BCUT2D eigenvalue weighted by molar-refractivity contribution is 7.97. The van der Waals surface area contributed by atoms with Crippen molar-refractivity contribution in [3.05, 3.63) is 57.6 Å². The van der Waals surface area contributed by atoms with E-state index in [4.69, 9.17) is 0 Å². The molecule has 2 aromatic carbocycles. The third-order valence-electron chi connectivity index (χ3n) is 11.9. The predicted octanol–water partition coefficient (Wildman–Crippen LogP) is 13.7. The fraction of sp³-hybridized carbons (Fsp3) is 0.733. The highest BCUT2D eigenvalue weighted by Gasteiger charge is 2.42. The number of benzene rings is 2. The zero-order valence-corrected chi connectivity index (χ0v) is 38.8. The summed E-state index contributed by atoms with van der Waals surface area (Å²) in [6.07, 6.45) is 15.0. The van der Waals surface area contributed by atoms with Gasteiger partial charge in [-0.1, -0.05) is 173 Å². The second-order valence-electron chi connectivity index (χ2n) is 19.0. The number of hydrogen-bond acceptors (Lipinski definition) is 0. The number of rotatable bonds is 12. The first-order valence-corrected chi connectivity index (χ1v) is 31.7. The Kier molecular flexibility index (Phi) is 14.8. The van der Waals surface area contributed by atoms with E-state index in [1.807, 2.05) is 10.4 Å². The zero-order chi connectivity index (χ0) is 36.4. The lowest BCUT2D eigenvalue weighted by Gasteiger charge is -2.44. The van der Waals surface area contributed by atoms with E-state index in [-0.39, 0.29) is 7.47 Å². The Labute approximate surface area is 310 Å². The van der Waals surface area contributed by atoms with Crippen molar-refractivity contribution in [3.8, 4) is 0 Å². The van der Waals surface area contributed by atoms with Gasteiger partial charge in [0.1, 0.15) is 0 Å². The van der Waals surface area contributed by atoms with Gasteiger partial charge < -0.3 is 0 Å². The smallest absolute Gasteiger partial charge is 0.0567 e. The average molecular weight is 733 g/mol. The quantitative estimate of drug-likeness (QED) is 0.151. The molecule has 2 saturated carbocycles. The molecule has 0 amide bonds. The van der Waals surface area contributed by atoms with Gasteiger partial charge in [0.25, 0.3) is 0 Å². The topological polar surface area (TPSA) is 0 Å². The van der Waals surface area contributed by atoms with Crippen molar-refractivity contribution in [2.24, 2.45) is 0 Å². The molecule has 0 spiro atoms. The van der Waals surface area contributed by atoms with Gasteiger partial charge in [-0.05, 0) is 116 Å². The van der Waals surface area contributed by atoms with E-state index in [1.165, 1.54) is 64.2 Å². The fourth-order valence-corrected chi connectivity index (χ4v) is 58.5. The van der Waals surface area contributed by atoms with E-state index in [0.29, 0.717) is 35.5 Å². The summed E-state index contributed by atoms with van der Waals surface area (Å²) < 4.78 is 0. The molecular weight excluding hydrogens is 656 g/mol. The Hall–Kier alpha value is -0.479. The maximum atomic E-state index is 2.85. The fourth-order valence-electron chi connectivity index (χ4n) is 9.09. The van der Waals surface area contributed by atoms with Crippen molar-refractivity contribution in [3.63, 3.8) is 0 Å². The van der Waals surface area contributed by atoms with E-state index in [0.717, 1.165) is 11.3 Å². The van der Waals surface area contributed by atoms with Crippen molar-refractivity contribution < 1.29 is 0 Å². The highest BCUT2D eigenvalue weighted by Crippen LogP contribution is 2.56. The first kappa shape index (κ1) is 41.3. The molecule has 0 N–H and O–H groups in total. The summed E-state index contributed by atoms with van der Waals surface area (Å²) in [5.41, 5.74) is 12.2. The van der Waals surface area contributed by atoms with Crippen LogP contribution in [0.25, 0.3) is 0 Å². The minimum absolute atomic E-state index is 0.0725. The van der Waals surface area contributed by atoms with Crippen LogP contribution in [0, 0.1) is 0 Å². The monoisotopic (exact) mass is 733 g/mol. The van der Waals surface area contributed by atoms with Crippen molar-refractivity contribution in [2.45, 2.75) is 214 Å². The average Bonchev–Trinajstić information content (AvgIpc) is 3.03. The molecule has 274 valence electrons. The lowest BCUT2D eigenvalue weighted by atomic mass is 9.89. The van der Waals surface area contributed by atoms with Gasteiger partial charge in [0, 0.05) is 7.41 Å². The number of hydrogen-bond donors (Lipinski definition) is 0. The van der Waals surface area contributed by atoms with Gasteiger partial charge in [0.05, 0.1) is 15.1 Å². The van der Waals surface area contributed by atoms with Crippen molar-refractivity contribution in [1.82, 2.24) is 0 Å². The Morgan fingerprint density at radius 1 is 0.469 bits per heavy atom. The van der Waals surface area contributed by atoms with Crippen molar-refractivity contribution in [2.75, 3.05) is 0 Å². The van der Waals surface area contributed by atoms with Crippen LogP contribution in [0.2, 0.25) is 19.6 Å². The molecule has 0 unspecified atom stereocenters. The van der Waals surface area contributed by atoms with Gasteiger partial charge >= 0.3 is 0 Å². The summed E-state index contributed by atoms with van der Waals surface area (Å²) in [4.78, 5) is 0. The van der Waals surface area contributed by atoms with Crippen LogP contribution in [-0.4, -0.2) is 33.9 Å². The van der Waals surface area contributed by atoms with Gasteiger partial charge in [0.2, 0.25) is 0 Å². The zero-order valence-electron chi connectivity index (χ0n) is 34.9. The Bertz CT molecular complexity index is 1350. The van der Waals surface area contributed by atoms with Crippen LogP contribution in [0.3, 0.4) is 0 Å². The van der Waals surface area contributed by atoms with Crippen molar-refractivity contribution in [1.29, 1.82) is 0 Å². The standard InChI is InChI=1S/C45H77PSi3/c1-30(2)36-26-40(32(5)6)44(41(27-36)33(7)8)47(46(38-22-18-16-19-23-38)39-24-20-17-21-25-39)48(49(13,14)15)45-42(34(9)10)28-37(31(3)4)29-43(45)35(11)12/h26-35,38-39H,16-25H2,1-15H3/b48-47+. The SMILES string of the molecule is CC(C)c1cc(C(C)C)c(/[Si](=[Si](/c2c(C(C)C)cc(C(C)C)cc2C(C)C)[Si](C)(C)C)P(C2CCCCC2)C2CCCCC2)c(C(C)C)c1. The van der Waals surface area contributed by atoms with Crippen LogP contribution < -0.4 is 10.4 Å². The Morgan fingerprint density at radius 3 is 1.04 bits per heavy atom. The summed E-state index contributed by atoms with van der Waals surface area (Å²) in [6.45, 7) is 38.6. The lowest BCUT2D eigenvalue weighted by molar-refractivity contribution is 0.488. The van der Waals surface area contributed by atoms with Gasteiger partial charge in [-0.25, -0.2) is 0 Å². The van der Waals surface area contributed by atoms with Crippen LogP contribution >= 0.6 is 7.47 Å². The third kappa shape index (κ3) is 9.55. The molecule has 0 saturated heterocycles. The molecule has 0 aromatic heterocycles. The molecule has 4 heteroatoms. The van der Waals surface area contributed by atoms with Crippen LogP contribution in [0.1, 0.15) is 216 Å². The Balaban J connectivity index is 2.37. The predicted molar refractivity (Wildman–Crippen MR) is 232 cm³/mol. The summed E-state index contributed by atoms with van der Waals surface area (Å²) in [5.74, 6) is 3.42. The molecule has 0 bridgehead atoms. The minimum Gasteiger partial charge on any atom is -0.0932 e. The molecule has 49 heavy (non-hydrogen) atoms. The van der Waals surface area contributed by atoms with Crippen LogP contribution in [0.4, 0.5) is 0 Å². The van der Waals surface area contributed by atoms with Gasteiger partial charge in [-0.2, -0.15) is 0 Å². The maximum Gasteiger partial charge on any atom is 0.0567 e. The van der Waals surface area contributed by atoms with Crippen LogP contribution in [-0.2, 0) is 0 Å². The molecule has 2 aliphatic rings. The van der Waals surface area contributed by atoms with E-state index < -0.39 is 22.6 Å². The van der Waals surface area contributed by atoms with Gasteiger partial charge in [0.15, 0.2) is 0 Å². The third-order valence-corrected chi connectivity index (χ3v) is 47.0. The van der Waals surface area contributed by atoms with Crippen LogP contribution in [0.5, 0.6) is 0 Å². The van der Waals surface area contributed by atoms with E-state index >= 15 is 0 Å². The molecule has 2 aromatic rings. The van der Waals surface area contributed by atoms with Crippen LogP contribution in [0.15, 0.2) is 24.3 Å². The first-order chi connectivity index (χ1) is 22.9. The normalized spacial score (nSPS) is 17.9. The molecule has 2 fully saturated rings. The maximum absolute atomic E-state index is 2.85. The second kappa shape index (κ2) is 17.6. The molecule has 4 rings (SSSR count). The molecule has 0 heterocycles. The second-order valence-corrected chi connectivity index (χ2v) is 42.9.